The maximum absolute atomic E-state index is 10.2. The molecule has 0 bridgehead atoms. The molecule has 4 aliphatic rings. The van der Waals surface area contributed by atoms with Gasteiger partial charge in [-0.05, 0) is 86.7 Å². The Balaban J connectivity index is 1.48. The molecule has 6 atom stereocenters. The molecule has 1 saturated heterocycles. The predicted octanol–water partition coefficient (Wildman–Crippen LogP) is 4.87. The molecule has 0 aromatic heterocycles. The van der Waals surface area contributed by atoms with Crippen LogP contribution in [0, 0.1) is 23.2 Å². The summed E-state index contributed by atoms with van der Waals surface area (Å²) in [6.07, 6.45) is 10.8. The van der Waals surface area contributed by atoms with E-state index in [2.05, 4.69) is 51.3 Å². The Labute approximate surface area is 195 Å². The minimum absolute atomic E-state index is 0.132. The highest BCUT2D eigenvalue weighted by atomic mass is 16.5. The van der Waals surface area contributed by atoms with Gasteiger partial charge in [-0.2, -0.15) is 0 Å². The van der Waals surface area contributed by atoms with Crippen LogP contribution in [0.25, 0.3) is 0 Å². The van der Waals surface area contributed by atoms with Crippen molar-refractivity contribution in [1.29, 1.82) is 0 Å². The molecule has 32 heavy (non-hydrogen) atoms. The fourth-order valence-electron chi connectivity index (χ4n) is 7.38. The van der Waals surface area contributed by atoms with Crippen LogP contribution in [-0.4, -0.2) is 59.2 Å². The maximum atomic E-state index is 10.2. The summed E-state index contributed by atoms with van der Waals surface area (Å²) in [6.45, 7) is 17.7. The second kappa shape index (κ2) is 9.37. The first kappa shape index (κ1) is 24.2. The maximum Gasteiger partial charge on any atom is 0.0811 e. The lowest BCUT2D eigenvalue weighted by molar-refractivity contribution is -0.0638. The molecule has 1 aliphatic heterocycles. The quantitative estimate of drug-likeness (QED) is 0.651. The predicted molar refractivity (Wildman–Crippen MR) is 130 cm³/mol. The van der Waals surface area contributed by atoms with Gasteiger partial charge in [0.15, 0.2) is 0 Å². The monoisotopic (exact) mass is 443 g/mol. The summed E-state index contributed by atoms with van der Waals surface area (Å²) in [7, 11) is 0. The average Bonchev–Trinajstić information content (AvgIpc) is 3.08. The van der Waals surface area contributed by atoms with E-state index in [-0.39, 0.29) is 5.54 Å². The van der Waals surface area contributed by atoms with E-state index < -0.39 is 12.2 Å². The lowest BCUT2D eigenvalue weighted by atomic mass is 9.61. The molecule has 3 saturated carbocycles. The van der Waals surface area contributed by atoms with Crippen LogP contribution in [0.4, 0.5) is 0 Å². The van der Waals surface area contributed by atoms with Gasteiger partial charge < -0.3 is 14.9 Å². The van der Waals surface area contributed by atoms with Crippen LogP contribution in [0.3, 0.4) is 0 Å². The molecule has 3 aliphatic carbocycles. The van der Waals surface area contributed by atoms with Gasteiger partial charge in [0.1, 0.15) is 0 Å². The molecule has 0 aromatic carbocycles. The van der Waals surface area contributed by atoms with Gasteiger partial charge in [-0.3, -0.25) is 4.90 Å². The van der Waals surface area contributed by atoms with Crippen molar-refractivity contribution in [2.24, 2.45) is 23.2 Å². The van der Waals surface area contributed by atoms with Crippen molar-refractivity contribution in [1.82, 2.24) is 4.90 Å². The standard InChI is InChI=1S/C28H45NO3/c1-19(17-29-13-14-32-18-27(29,3)4)24-10-11-25-21(7-6-12-28(24,25)5)8-9-22-15-23(30)16-26(31)20(22)2/h8-9,19,23-26,30-31H,2,6-7,10-18H2,1,3-5H3/b21-8+,22-9-/t19-,23?,24-,25+,26?,28-/m1/s1. The van der Waals surface area contributed by atoms with Crippen molar-refractivity contribution in [3.63, 3.8) is 0 Å². The molecule has 4 rings (SSSR count). The molecular weight excluding hydrogens is 398 g/mol. The third-order valence-electron chi connectivity index (χ3n) is 9.31. The van der Waals surface area contributed by atoms with Crippen molar-refractivity contribution in [2.45, 2.75) is 90.4 Å². The summed E-state index contributed by atoms with van der Waals surface area (Å²) < 4.78 is 5.75. The van der Waals surface area contributed by atoms with Crippen LogP contribution in [0.5, 0.6) is 0 Å². The van der Waals surface area contributed by atoms with Gasteiger partial charge in [0, 0.05) is 25.0 Å². The van der Waals surface area contributed by atoms with Crippen LogP contribution in [0.15, 0.2) is 35.5 Å². The lowest BCUT2D eigenvalue weighted by Gasteiger charge is -2.48. The molecule has 4 nitrogen and oxygen atoms in total. The number of hydrogen-bond donors (Lipinski definition) is 2. The second-order valence-electron chi connectivity index (χ2n) is 12.0. The molecule has 180 valence electrons. The highest BCUT2D eigenvalue weighted by Gasteiger charge is 2.51. The van der Waals surface area contributed by atoms with Crippen LogP contribution in [0.1, 0.15) is 72.6 Å². The van der Waals surface area contributed by atoms with Crippen LogP contribution < -0.4 is 0 Å². The first-order chi connectivity index (χ1) is 15.1. The summed E-state index contributed by atoms with van der Waals surface area (Å²) in [5, 5.41) is 20.3. The fourth-order valence-corrected chi connectivity index (χ4v) is 7.38. The largest absolute Gasteiger partial charge is 0.393 e. The fraction of sp³-hybridized carbons (Fsp3) is 0.786. The number of ether oxygens (including phenoxy) is 1. The first-order valence-corrected chi connectivity index (χ1v) is 12.9. The Kier molecular flexibility index (Phi) is 7.08. The molecule has 4 heteroatoms. The zero-order valence-electron chi connectivity index (χ0n) is 20.8. The number of aliphatic hydroxyl groups excluding tert-OH is 2. The van der Waals surface area contributed by atoms with E-state index in [4.69, 9.17) is 4.74 Å². The summed E-state index contributed by atoms with van der Waals surface area (Å²) >= 11 is 0. The van der Waals surface area contributed by atoms with Gasteiger partial charge in [0.2, 0.25) is 0 Å². The van der Waals surface area contributed by atoms with E-state index in [1.165, 1.54) is 38.6 Å². The number of rotatable bonds is 4. The lowest BCUT2D eigenvalue weighted by Crippen LogP contribution is -2.55. The summed E-state index contributed by atoms with van der Waals surface area (Å²) in [5.41, 5.74) is 3.90. The molecule has 0 spiro atoms. The Morgan fingerprint density at radius 1 is 1.22 bits per heavy atom. The molecule has 2 N–H and O–H groups in total. The summed E-state index contributed by atoms with van der Waals surface area (Å²) in [6, 6.07) is 0. The minimum atomic E-state index is -0.610. The van der Waals surface area contributed by atoms with Crippen LogP contribution >= 0.6 is 0 Å². The Hall–Kier alpha value is -0.940. The zero-order chi connectivity index (χ0) is 23.1. The van der Waals surface area contributed by atoms with Gasteiger partial charge in [-0.1, -0.05) is 38.2 Å². The summed E-state index contributed by atoms with van der Waals surface area (Å²) in [5.74, 6) is 2.10. The molecule has 1 heterocycles. The van der Waals surface area contributed by atoms with Crippen LogP contribution in [-0.2, 0) is 4.74 Å². The van der Waals surface area contributed by atoms with E-state index >= 15 is 0 Å². The number of morpholine rings is 1. The van der Waals surface area contributed by atoms with E-state index in [0.717, 1.165) is 36.8 Å². The third kappa shape index (κ3) is 4.66. The number of aliphatic hydroxyl groups is 2. The molecule has 0 radical (unpaired) electrons. The molecular formula is C28H45NO3. The van der Waals surface area contributed by atoms with E-state index in [1.807, 2.05) is 0 Å². The van der Waals surface area contributed by atoms with Crippen molar-refractivity contribution in [3.8, 4) is 0 Å². The average molecular weight is 444 g/mol. The number of fused-ring (bicyclic) bond motifs is 1. The number of hydrogen-bond acceptors (Lipinski definition) is 4. The van der Waals surface area contributed by atoms with Crippen molar-refractivity contribution in [2.75, 3.05) is 26.3 Å². The highest BCUT2D eigenvalue weighted by Crippen LogP contribution is 2.59. The number of allylic oxidation sites excluding steroid dienone is 3. The Morgan fingerprint density at radius 3 is 2.75 bits per heavy atom. The van der Waals surface area contributed by atoms with Gasteiger partial charge in [-0.15, -0.1) is 0 Å². The highest BCUT2D eigenvalue weighted by molar-refractivity contribution is 5.38. The number of nitrogens with zero attached hydrogens (tertiary/aromatic N) is 1. The normalized spacial score (nSPS) is 41.8. The summed E-state index contributed by atoms with van der Waals surface area (Å²) in [4.78, 5) is 2.66. The Bertz CT molecular complexity index is 769. The topological polar surface area (TPSA) is 52.9 Å². The molecule has 0 aromatic rings. The van der Waals surface area contributed by atoms with Gasteiger partial charge in [0.25, 0.3) is 0 Å². The molecule has 4 fully saturated rings. The molecule has 0 amide bonds. The van der Waals surface area contributed by atoms with Gasteiger partial charge in [0.05, 0.1) is 25.4 Å². The van der Waals surface area contributed by atoms with E-state index in [0.29, 0.717) is 30.1 Å². The smallest absolute Gasteiger partial charge is 0.0811 e. The SMILES string of the molecule is C=C1/C(=C\C=C2/CCC[C@]3(C)[C@@H]([C@H](C)CN4CCOCC4(C)C)CC[C@@H]23)CC(O)CC1O. The van der Waals surface area contributed by atoms with E-state index in [9.17, 15) is 10.2 Å². The Morgan fingerprint density at radius 2 is 2.00 bits per heavy atom. The van der Waals surface area contributed by atoms with Gasteiger partial charge >= 0.3 is 0 Å². The van der Waals surface area contributed by atoms with E-state index in [1.54, 1.807) is 5.57 Å². The van der Waals surface area contributed by atoms with Crippen molar-refractivity contribution in [3.05, 3.63) is 35.5 Å². The zero-order valence-corrected chi connectivity index (χ0v) is 20.8. The van der Waals surface area contributed by atoms with Crippen molar-refractivity contribution >= 4 is 0 Å². The first-order valence-electron chi connectivity index (χ1n) is 12.9. The second-order valence-corrected chi connectivity index (χ2v) is 12.0. The third-order valence-corrected chi connectivity index (χ3v) is 9.31. The van der Waals surface area contributed by atoms with Gasteiger partial charge in [-0.25, -0.2) is 0 Å². The van der Waals surface area contributed by atoms with Crippen molar-refractivity contribution < 1.29 is 14.9 Å². The molecule has 2 unspecified atom stereocenters. The van der Waals surface area contributed by atoms with Crippen LogP contribution in [0.2, 0.25) is 0 Å². The minimum Gasteiger partial charge on any atom is -0.393 e.